The Morgan fingerprint density at radius 1 is 1.05 bits per heavy atom. The van der Waals surface area contributed by atoms with Gasteiger partial charge in [-0.3, -0.25) is 4.57 Å². The molecule has 4 nitrogen and oxygen atoms in total. The summed E-state index contributed by atoms with van der Waals surface area (Å²) in [5.74, 6) is 0. The Kier molecular flexibility index (Phi) is 3.18. The van der Waals surface area contributed by atoms with Gasteiger partial charge in [-0.15, -0.1) is 0 Å². The van der Waals surface area contributed by atoms with Crippen molar-refractivity contribution in [2.45, 2.75) is 38.9 Å². The molecular formula is C15H18BFN2O2. The van der Waals surface area contributed by atoms with Gasteiger partial charge in [-0.05, 0) is 39.8 Å². The van der Waals surface area contributed by atoms with Crippen LogP contribution in [0.25, 0.3) is 5.69 Å². The zero-order valence-electron chi connectivity index (χ0n) is 12.6. The van der Waals surface area contributed by atoms with Crippen LogP contribution in [0.5, 0.6) is 0 Å². The predicted molar refractivity (Wildman–Crippen MR) is 79.2 cm³/mol. The highest BCUT2D eigenvalue weighted by molar-refractivity contribution is 6.61. The molecule has 0 unspecified atom stereocenters. The van der Waals surface area contributed by atoms with Crippen LogP contribution in [0, 0.1) is 6.08 Å². The molecule has 1 aromatic carbocycles. The van der Waals surface area contributed by atoms with Crippen molar-refractivity contribution in [1.29, 1.82) is 0 Å². The van der Waals surface area contributed by atoms with E-state index in [4.69, 9.17) is 9.31 Å². The van der Waals surface area contributed by atoms with Crippen molar-refractivity contribution < 1.29 is 13.7 Å². The fourth-order valence-corrected chi connectivity index (χ4v) is 2.22. The summed E-state index contributed by atoms with van der Waals surface area (Å²) in [5.41, 5.74) is 0.218. The summed E-state index contributed by atoms with van der Waals surface area (Å²) < 4.78 is 27.2. The highest BCUT2D eigenvalue weighted by Gasteiger charge is 2.52. The Morgan fingerprint density at radius 3 is 2.19 bits per heavy atom. The lowest BCUT2D eigenvalue weighted by atomic mass is 9.86. The molecule has 0 aliphatic carbocycles. The fourth-order valence-electron chi connectivity index (χ4n) is 2.22. The average molecular weight is 288 g/mol. The molecule has 1 aliphatic heterocycles. The van der Waals surface area contributed by atoms with Crippen LogP contribution in [0.3, 0.4) is 0 Å². The van der Waals surface area contributed by atoms with E-state index >= 15 is 0 Å². The Balaban J connectivity index is 1.93. The molecule has 3 rings (SSSR count). The van der Waals surface area contributed by atoms with Gasteiger partial charge in [0.1, 0.15) is 0 Å². The highest BCUT2D eigenvalue weighted by atomic mass is 19.1. The van der Waals surface area contributed by atoms with Crippen molar-refractivity contribution in [1.82, 2.24) is 9.55 Å². The van der Waals surface area contributed by atoms with Crippen LogP contribution in [0.1, 0.15) is 27.7 Å². The van der Waals surface area contributed by atoms with Gasteiger partial charge in [0.25, 0.3) is 6.08 Å². The second-order valence-corrected chi connectivity index (χ2v) is 6.23. The van der Waals surface area contributed by atoms with E-state index in [0.717, 1.165) is 0 Å². The quantitative estimate of drug-likeness (QED) is 0.796. The number of benzene rings is 1. The van der Waals surface area contributed by atoms with Gasteiger partial charge in [0, 0.05) is 11.9 Å². The van der Waals surface area contributed by atoms with Crippen molar-refractivity contribution in [2.75, 3.05) is 0 Å². The van der Waals surface area contributed by atoms with E-state index in [1.807, 2.05) is 58.0 Å². The first-order valence-electron chi connectivity index (χ1n) is 6.96. The molecule has 0 spiro atoms. The Bertz CT molecular complexity index is 639. The van der Waals surface area contributed by atoms with Gasteiger partial charge in [-0.1, -0.05) is 18.2 Å². The summed E-state index contributed by atoms with van der Waals surface area (Å²) in [5, 5.41) is 0. The molecule has 2 aromatic rings. The van der Waals surface area contributed by atoms with Crippen LogP contribution >= 0.6 is 0 Å². The second kappa shape index (κ2) is 4.68. The van der Waals surface area contributed by atoms with Gasteiger partial charge in [0.15, 0.2) is 0 Å². The van der Waals surface area contributed by atoms with Crippen molar-refractivity contribution in [3.05, 3.63) is 42.6 Å². The van der Waals surface area contributed by atoms with Gasteiger partial charge in [-0.25, -0.2) is 4.98 Å². The third-order valence-corrected chi connectivity index (χ3v) is 4.21. The lowest BCUT2D eigenvalue weighted by Crippen LogP contribution is -2.41. The van der Waals surface area contributed by atoms with Crippen LogP contribution in [-0.4, -0.2) is 27.9 Å². The van der Waals surface area contributed by atoms with E-state index in [-0.39, 0.29) is 0 Å². The van der Waals surface area contributed by atoms with Crippen molar-refractivity contribution >= 4 is 12.7 Å². The minimum atomic E-state index is -0.658. The van der Waals surface area contributed by atoms with E-state index in [0.29, 0.717) is 11.3 Å². The van der Waals surface area contributed by atoms with E-state index in [2.05, 4.69) is 4.98 Å². The summed E-state index contributed by atoms with van der Waals surface area (Å²) in [6.45, 7) is 7.82. The number of aromatic nitrogens is 2. The third kappa shape index (κ3) is 2.38. The zero-order valence-corrected chi connectivity index (χ0v) is 12.6. The average Bonchev–Trinajstić information content (AvgIpc) is 2.89. The molecule has 0 N–H and O–H groups in total. The summed E-state index contributed by atoms with van der Waals surface area (Å²) >= 11 is 0. The molecule has 21 heavy (non-hydrogen) atoms. The number of rotatable bonds is 2. The standard InChI is InChI=1S/C15H18BFN2O2/c1-14(2)15(3,4)21-16(20-14)12-10-19(13(17)18-12)11-8-6-5-7-9-11/h5-10H,1-4H3. The molecule has 1 aromatic heterocycles. The molecule has 0 saturated carbocycles. The molecule has 0 radical (unpaired) electrons. The number of para-hydroxylation sites is 1. The number of halogens is 1. The maximum Gasteiger partial charge on any atom is 0.516 e. The highest BCUT2D eigenvalue weighted by Crippen LogP contribution is 2.36. The van der Waals surface area contributed by atoms with Crippen LogP contribution in [-0.2, 0) is 9.31 Å². The first-order valence-corrected chi connectivity index (χ1v) is 6.96. The minimum Gasteiger partial charge on any atom is -0.398 e. The van der Waals surface area contributed by atoms with Crippen molar-refractivity contribution in [2.24, 2.45) is 0 Å². The summed E-state index contributed by atoms with van der Waals surface area (Å²) in [6, 6.07) is 9.22. The molecule has 0 bridgehead atoms. The largest absolute Gasteiger partial charge is 0.516 e. The topological polar surface area (TPSA) is 36.3 Å². The third-order valence-electron chi connectivity index (χ3n) is 4.21. The Labute approximate surface area is 124 Å². The molecule has 0 atom stereocenters. The lowest BCUT2D eigenvalue weighted by molar-refractivity contribution is 0.00578. The molecule has 2 heterocycles. The number of imidazole rings is 1. The van der Waals surface area contributed by atoms with E-state index < -0.39 is 24.4 Å². The minimum absolute atomic E-state index is 0.440. The predicted octanol–water partition coefficient (Wildman–Crippen LogP) is 2.31. The molecule has 1 saturated heterocycles. The van der Waals surface area contributed by atoms with Crippen LogP contribution in [0.15, 0.2) is 36.5 Å². The molecule has 6 heteroatoms. The van der Waals surface area contributed by atoms with Crippen LogP contribution in [0.2, 0.25) is 0 Å². The summed E-state index contributed by atoms with van der Waals surface area (Å²) in [7, 11) is -0.658. The smallest absolute Gasteiger partial charge is 0.398 e. The van der Waals surface area contributed by atoms with Crippen molar-refractivity contribution in [3.63, 3.8) is 0 Å². The first kappa shape index (κ1) is 14.3. The number of hydrogen-bond acceptors (Lipinski definition) is 3. The molecular weight excluding hydrogens is 270 g/mol. The molecule has 1 aliphatic rings. The van der Waals surface area contributed by atoms with Gasteiger partial charge in [0.05, 0.1) is 16.8 Å². The van der Waals surface area contributed by atoms with Gasteiger partial charge in [-0.2, -0.15) is 4.39 Å². The summed E-state index contributed by atoms with van der Waals surface area (Å²) in [4.78, 5) is 3.95. The maximum atomic E-state index is 14.1. The zero-order chi connectivity index (χ0) is 15.3. The summed E-state index contributed by atoms with van der Waals surface area (Å²) in [6.07, 6.45) is 1.04. The normalized spacial score (nSPS) is 20.0. The SMILES string of the molecule is CC1(C)OB(c2cn(-c3ccccc3)c(F)n2)OC1(C)C. The maximum absolute atomic E-state index is 14.1. The second-order valence-electron chi connectivity index (χ2n) is 6.23. The van der Waals surface area contributed by atoms with Crippen LogP contribution in [0.4, 0.5) is 4.39 Å². The molecule has 110 valence electrons. The van der Waals surface area contributed by atoms with Crippen molar-refractivity contribution in [3.8, 4) is 5.69 Å². The Morgan fingerprint density at radius 2 is 1.62 bits per heavy atom. The van der Waals surface area contributed by atoms with E-state index in [1.54, 1.807) is 6.20 Å². The Hall–Kier alpha value is -1.66. The van der Waals surface area contributed by atoms with E-state index in [1.165, 1.54) is 4.57 Å². The molecule has 0 amide bonds. The van der Waals surface area contributed by atoms with Gasteiger partial charge >= 0.3 is 7.12 Å². The number of hydrogen-bond donors (Lipinski definition) is 0. The lowest BCUT2D eigenvalue weighted by Gasteiger charge is -2.32. The first-order chi connectivity index (χ1) is 9.80. The van der Waals surface area contributed by atoms with E-state index in [9.17, 15) is 4.39 Å². The molecule has 1 fully saturated rings. The van der Waals surface area contributed by atoms with Gasteiger partial charge < -0.3 is 9.31 Å². The van der Waals surface area contributed by atoms with Crippen LogP contribution < -0.4 is 5.59 Å². The number of nitrogens with zero attached hydrogens (tertiary/aromatic N) is 2. The monoisotopic (exact) mass is 288 g/mol. The fraction of sp³-hybridized carbons (Fsp3) is 0.400. The van der Waals surface area contributed by atoms with Gasteiger partial charge in [0.2, 0.25) is 0 Å².